The molecule has 5 heteroatoms. The Balaban J connectivity index is 2.71. The number of esters is 1. The fourth-order valence-corrected chi connectivity index (χ4v) is 2.77. The maximum absolute atomic E-state index is 12.6. The third-order valence-electron chi connectivity index (χ3n) is 3.82. The van der Waals surface area contributed by atoms with Crippen LogP contribution in [-0.4, -0.2) is 23.4 Å². The van der Waals surface area contributed by atoms with Gasteiger partial charge < -0.3 is 14.1 Å². The van der Waals surface area contributed by atoms with E-state index in [-0.39, 0.29) is 23.6 Å². The molecule has 0 aliphatic rings. The first-order chi connectivity index (χ1) is 11.1. The summed E-state index contributed by atoms with van der Waals surface area (Å²) < 4.78 is 6.85. The van der Waals surface area contributed by atoms with Crippen molar-refractivity contribution in [3.05, 3.63) is 46.2 Å². The second-order valence-electron chi connectivity index (χ2n) is 5.36. The largest absolute Gasteiger partial charge is 0.462 e. The first-order valence-electron chi connectivity index (χ1n) is 7.88. The predicted molar refractivity (Wildman–Crippen MR) is 88.8 cm³/mol. The first kappa shape index (κ1) is 16.9. The summed E-state index contributed by atoms with van der Waals surface area (Å²) in [6.07, 6.45) is 4.42. The minimum absolute atomic E-state index is 0.0116. The van der Waals surface area contributed by atoms with Crippen molar-refractivity contribution in [2.24, 2.45) is 0 Å². The highest BCUT2D eigenvalue weighted by Gasteiger charge is 2.19. The first-order valence-corrected chi connectivity index (χ1v) is 7.88. The number of nitrogens with zero attached hydrogens (tertiary/aromatic N) is 1. The van der Waals surface area contributed by atoms with E-state index in [2.05, 4.69) is 0 Å². The summed E-state index contributed by atoms with van der Waals surface area (Å²) in [6, 6.07) is 7.04. The van der Waals surface area contributed by atoms with Gasteiger partial charge >= 0.3 is 5.97 Å². The average molecular weight is 315 g/mol. The second kappa shape index (κ2) is 7.72. The molecule has 2 aromatic rings. The number of benzene rings is 1. The maximum atomic E-state index is 12.6. The topological polar surface area (TPSA) is 65.4 Å². The van der Waals surface area contributed by atoms with E-state index < -0.39 is 5.97 Å². The van der Waals surface area contributed by atoms with Gasteiger partial charge in [-0.05, 0) is 25.5 Å². The number of aromatic nitrogens is 1. The number of ether oxygens (including phenoxy) is 1. The Morgan fingerprint density at radius 3 is 2.70 bits per heavy atom. The van der Waals surface area contributed by atoms with Crippen LogP contribution in [0.5, 0.6) is 0 Å². The van der Waals surface area contributed by atoms with E-state index in [1.165, 1.54) is 6.20 Å². The molecule has 122 valence electrons. The summed E-state index contributed by atoms with van der Waals surface area (Å²) in [5, 5.41) is 0.463. The van der Waals surface area contributed by atoms with Crippen LogP contribution in [0.2, 0.25) is 0 Å². The van der Waals surface area contributed by atoms with E-state index in [0.29, 0.717) is 11.8 Å². The standard InChI is InChI=1S/C18H21NO4/c1-3-7-13(10-11-20)19-12-15(18(22)23-4-2)17(21)14-8-5-6-9-16(14)19/h5-6,8-9,11-13H,3-4,7,10H2,1-2H3. The molecule has 0 fully saturated rings. The molecular formula is C18H21NO4. The molecule has 0 spiro atoms. The summed E-state index contributed by atoms with van der Waals surface area (Å²) in [4.78, 5) is 35.7. The Hall–Kier alpha value is -2.43. The quantitative estimate of drug-likeness (QED) is 0.581. The molecular weight excluding hydrogens is 294 g/mol. The monoisotopic (exact) mass is 315 g/mol. The summed E-state index contributed by atoms with van der Waals surface area (Å²) in [5.74, 6) is -0.627. The van der Waals surface area contributed by atoms with Crippen molar-refractivity contribution in [1.82, 2.24) is 4.57 Å². The van der Waals surface area contributed by atoms with Crippen LogP contribution in [0.15, 0.2) is 35.3 Å². The molecule has 5 nitrogen and oxygen atoms in total. The molecule has 0 N–H and O–H groups in total. The van der Waals surface area contributed by atoms with Crippen molar-refractivity contribution < 1.29 is 14.3 Å². The van der Waals surface area contributed by atoms with Crippen molar-refractivity contribution in [2.75, 3.05) is 6.61 Å². The molecule has 1 aromatic carbocycles. The number of para-hydroxylation sites is 1. The Morgan fingerprint density at radius 2 is 2.04 bits per heavy atom. The van der Waals surface area contributed by atoms with Gasteiger partial charge in [-0.15, -0.1) is 0 Å². The third-order valence-corrected chi connectivity index (χ3v) is 3.82. The highest BCUT2D eigenvalue weighted by molar-refractivity contribution is 5.93. The highest BCUT2D eigenvalue weighted by Crippen LogP contribution is 2.23. The Bertz CT molecular complexity index is 763. The van der Waals surface area contributed by atoms with Crippen molar-refractivity contribution in [3.63, 3.8) is 0 Å². The average Bonchev–Trinajstić information content (AvgIpc) is 2.55. The lowest BCUT2D eigenvalue weighted by Gasteiger charge is -2.21. The fraction of sp³-hybridized carbons (Fsp3) is 0.389. The summed E-state index contributed by atoms with van der Waals surface area (Å²) >= 11 is 0. The minimum atomic E-state index is -0.627. The lowest BCUT2D eigenvalue weighted by atomic mass is 10.1. The van der Waals surface area contributed by atoms with Gasteiger partial charge in [-0.1, -0.05) is 25.5 Å². The SMILES string of the molecule is CCCC(CC=O)n1cc(C(=O)OCC)c(=O)c2ccccc21. The van der Waals surface area contributed by atoms with Crippen LogP contribution in [0.25, 0.3) is 10.9 Å². The molecule has 0 bridgehead atoms. The molecule has 0 radical (unpaired) electrons. The van der Waals surface area contributed by atoms with Crippen molar-refractivity contribution in [3.8, 4) is 0 Å². The zero-order chi connectivity index (χ0) is 16.8. The Morgan fingerprint density at radius 1 is 1.30 bits per heavy atom. The molecule has 0 saturated carbocycles. The molecule has 0 saturated heterocycles. The maximum Gasteiger partial charge on any atom is 0.343 e. The third kappa shape index (κ3) is 3.50. The van der Waals surface area contributed by atoms with Gasteiger partial charge in [0.05, 0.1) is 12.1 Å². The van der Waals surface area contributed by atoms with Gasteiger partial charge in [-0.2, -0.15) is 0 Å². The molecule has 1 atom stereocenters. The normalized spacial score (nSPS) is 12.1. The molecule has 0 aliphatic heterocycles. The molecule has 23 heavy (non-hydrogen) atoms. The summed E-state index contributed by atoms with van der Waals surface area (Å²) in [7, 11) is 0. The number of rotatable bonds is 7. The zero-order valence-electron chi connectivity index (χ0n) is 13.5. The van der Waals surface area contributed by atoms with Gasteiger partial charge in [-0.3, -0.25) is 4.79 Å². The number of aldehydes is 1. The van der Waals surface area contributed by atoms with E-state index in [4.69, 9.17) is 4.74 Å². The molecule has 1 aromatic heterocycles. The van der Waals surface area contributed by atoms with E-state index >= 15 is 0 Å². The zero-order valence-corrected chi connectivity index (χ0v) is 13.5. The highest BCUT2D eigenvalue weighted by atomic mass is 16.5. The van der Waals surface area contributed by atoms with Crippen LogP contribution >= 0.6 is 0 Å². The van der Waals surface area contributed by atoms with Gasteiger partial charge in [0.25, 0.3) is 0 Å². The number of fused-ring (bicyclic) bond motifs is 1. The van der Waals surface area contributed by atoms with Crippen LogP contribution in [0, 0.1) is 0 Å². The van der Waals surface area contributed by atoms with Gasteiger partial charge in [-0.25, -0.2) is 4.79 Å². The van der Waals surface area contributed by atoms with E-state index in [1.54, 1.807) is 19.1 Å². The molecule has 0 amide bonds. The van der Waals surface area contributed by atoms with E-state index in [1.807, 2.05) is 23.6 Å². The van der Waals surface area contributed by atoms with Crippen LogP contribution in [0.4, 0.5) is 0 Å². The van der Waals surface area contributed by atoms with Crippen LogP contribution in [-0.2, 0) is 9.53 Å². The number of carbonyl (C=O) groups is 2. The number of hydrogen-bond donors (Lipinski definition) is 0. The van der Waals surface area contributed by atoms with Gasteiger partial charge in [0.15, 0.2) is 0 Å². The number of hydrogen-bond acceptors (Lipinski definition) is 4. The smallest absolute Gasteiger partial charge is 0.343 e. The second-order valence-corrected chi connectivity index (χ2v) is 5.36. The lowest BCUT2D eigenvalue weighted by molar-refractivity contribution is -0.108. The summed E-state index contributed by atoms with van der Waals surface area (Å²) in [6.45, 7) is 3.94. The van der Waals surface area contributed by atoms with Crippen LogP contribution < -0.4 is 5.43 Å². The van der Waals surface area contributed by atoms with E-state index in [0.717, 1.165) is 24.6 Å². The number of pyridine rings is 1. The number of carbonyl (C=O) groups excluding carboxylic acids is 2. The minimum Gasteiger partial charge on any atom is -0.462 e. The molecule has 1 unspecified atom stereocenters. The van der Waals surface area contributed by atoms with Gasteiger partial charge in [0.2, 0.25) is 5.43 Å². The van der Waals surface area contributed by atoms with Crippen molar-refractivity contribution in [2.45, 2.75) is 39.2 Å². The fourth-order valence-electron chi connectivity index (χ4n) is 2.77. The Kier molecular flexibility index (Phi) is 5.68. The van der Waals surface area contributed by atoms with Crippen LogP contribution in [0.1, 0.15) is 49.5 Å². The summed E-state index contributed by atoms with van der Waals surface area (Å²) in [5.41, 5.74) is 0.403. The van der Waals surface area contributed by atoms with Gasteiger partial charge in [0.1, 0.15) is 11.8 Å². The Labute approximate surface area is 134 Å². The molecule has 2 rings (SSSR count). The lowest BCUT2D eigenvalue weighted by Crippen LogP contribution is -2.23. The molecule has 1 heterocycles. The van der Waals surface area contributed by atoms with Gasteiger partial charge in [0, 0.05) is 24.0 Å². The van der Waals surface area contributed by atoms with Crippen molar-refractivity contribution in [1.29, 1.82) is 0 Å². The van der Waals surface area contributed by atoms with E-state index in [9.17, 15) is 14.4 Å². The van der Waals surface area contributed by atoms with Crippen LogP contribution in [0.3, 0.4) is 0 Å². The molecule has 0 aliphatic carbocycles. The van der Waals surface area contributed by atoms with Crippen molar-refractivity contribution >= 4 is 23.2 Å². The predicted octanol–water partition coefficient (Wildman–Crippen LogP) is 3.11.